The van der Waals surface area contributed by atoms with E-state index in [1.165, 1.54) is 28.3 Å². The van der Waals surface area contributed by atoms with Gasteiger partial charge in [0.15, 0.2) is 0 Å². The molecule has 0 amide bonds. The van der Waals surface area contributed by atoms with E-state index >= 15 is 0 Å². The first-order valence-electron chi connectivity index (χ1n) is 13.7. The highest BCUT2D eigenvalue weighted by atomic mass is 16.5. The molecule has 0 radical (unpaired) electrons. The van der Waals surface area contributed by atoms with E-state index in [-0.39, 0.29) is 24.0 Å². The van der Waals surface area contributed by atoms with Crippen LogP contribution in [-0.4, -0.2) is 37.6 Å². The molecule has 4 fully saturated rings. The third kappa shape index (κ3) is 1.77. The minimum absolute atomic E-state index is 0.158. The number of allylic oxidation sites excluding steroid dienone is 2. The molecule has 36 heavy (non-hydrogen) atoms. The smallest absolute Gasteiger partial charge is 0.130 e. The van der Waals surface area contributed by atoms with Gasteiger partial charge in [0.25, 0.3) is 0 Å². The van der Waals surface area contributed by atoms with Crippen LogP contribution in [0, 0.1) is 46.3 Å². The lowest BCUT2D eigenvalue weighted by Gasteiger charge is -2.84. The third-order valence-corrected chi connectivity index (χ3v) is 12.3. The van der Waals surface area contributed by atoms with Crippen LogP contribution >= 0.6 is 0 Å². The summed E-state index contributed by atoms with van der Waals surface area (Å²) in [5.41, 5.74) is 2.33. The van der Waals surface area contributed by atoms with Crippen LogP contribution in [0.25, 0.3) is 21.5 Å². The van der Waals surface area contributed by atoms with Crippen LogP contribution in [0.15, 0.2) is 48.6 Å². The van der Waals surface area contributed by atoms with Gasteiger partial charge < -0.3 is 19.7 Å². The maximum Gasteiger partial charge on any atom is 0.130 e. The maximum absolute atomic E-state index is 11.1. The molecule has 3 aromatic carbocycles. The van der Waals surface area contributed by atoms with Gasteiger partial charge in [-0.2, -0.15) is 0 Å². The average Bonchev–Trinajstić information content (AvgIpc) is 3.66. The normalized spacial score (nSPS) is 43.7. The van der Waals surface area contributed by atoms with Crippen molar-refractivity contribution in [3.05, 3.63) is 59.7 Å². The summed E-state index contributed by atoms with van der Waals surface area (Å²) in [5, 5.41) is 26.8. The van der Waals surface area contributed by atoms with Gasteiger partial charge in [0.2, 0.25) is 0 Å². The number of aliphatic hydroxyl groups excluding tert-OH is 2. The second-order valence-corrected chi connectivity index (χ2v) is 12.5. The Morgan fingerprint density at radius 2 is 1.19 bits per heavy atom. The molecule has 2 N–H and O–H groups in total. The first-order valence-corrected chi connectivity index (χ1v) is 13.7. The van der Waals surface area contributed by atoms with Crippen molar-refractivity contribution in [1.29, 1.82) is 0 Å². The number of rotatable bonds is 4. The second kappa shape index (κ2) is 6.28. The molecule has 0 saturated heterocycles. The molecule has 0 heterocycles. The molecule has 4 nitrogen and oxygen atoms in total. The van der Waals surface area contributed by atoms with E-state index < -0.39 is 0 Å². The molecule has 4 heteroatoms. The lowest BCUT2D eigenvalue weighted by molar-refractivity contribution is -0.390. The summed E-state index contributed by atoms with van der Waals surface area (Å²) in [7, 11) is 3.61. The zero-order valence-corrected chi connectivity index (χ0v) is 20.8. The van der Waals surface area contributed by atoms with Gasteiger partial charge in [0.1, 0.15) is 11.5 Å². The van der Waals surface area contributed by atoms with Gasteiger partial charge in [0, 0.05) is 45.9 Å². The van der Waals surface area contributed by atoms with Crippen molar-refractivity contribution in [2.75, 3.05) is 27.4 Å². The molecule has 0 aliphatic heterocycles. The Bertz CT molecular complexity index is 1410. The first kappa shape index (κ1) is 20.5. The van der Waals surface area contributed by atoms with Crippen LogP contribution in [-0.2, 0) is 0 Å². The highest BCUT2D eigenvalue weighted by Crippen LogP contribution is 2.93. The number of ether oxygens (including phenoxy) is 2. The lowest BCUT2D eigenvalue weighted by Crippen LogP contribution is -2.84. The van der Waals surface area contributed by atoms with Crippen molar-refractivity contribution in [3.8, 4) is 11.5 Å². The Balaban J connectivity index is 1.32. The summed E-state index contributed by atoms with van der Waals surface area (Å²) in [6, 6.07) is 13.0. The van der Waals surface area contributed by atoms with Crippen molar-refractivity contribution in [2.45, 2.75) is 24.7 Å². The van der Waals surface area contributed by atoms with Gasteiger partial charge in [-0.15, -0.1) is 0 Å². The Morgan fingerprint density at radius 3 is 1.61 bits per heavy atom. The van der Waals surface area contributed by atoms with Crippen LogP contribution in [0.2, 0.25) is 0 Å². The molecular formula is C32H32O4. The van der Waals surface area contributed by atoms with Crippen molar-refractivity contribution >= 4 is 21.5 Å². The number of fused-ring (bicyclic) bond motifs is 20. The van der Waals surface area contributed by atoms with E-state index in [1.54, 1.807) is 14.2 Å². The van der Waals surface area contributed by atoms with E-state index in [9.17, 15) is 10.2 Å². The van der Waals surface area contributed by atoms with E-state index in [1.807, 2.05) is 0 Å². The topological polar surface area (TPSA) is 58.9 Å². The van der Waals surface area contributed by atoms with E-state index in [4.69, 9.17) is 9.47 Å². The highest BCUT2D eigenvalue weighted by molar-refractivity contribution is 6.05. The Morgan fingerprint density at radius 1 is 0.722 bits per heavy atom. The molecule has 0 unspecified atom stereocenters. The fourth-order valence-electron chi connectivity index (χ4n) is 11.8. The zero-order valence-electron chi connectivity index (χ0n) is 20.8. The van der Waals surface area contributed by atoms with Crippen LogP contribution in [0.3, 0.4) is 0 Å². The highest BCUT2D eigenvalue weighted by Gasteiger charge is 2.91. The van der Waals surface area contributed by atoms with Gasteiger partial charge in [-0.05, 0) is 83.1 Å². The summed E-state index contributed by atoms with van der Waals surface area (Å²) in [6.07, 6.45) is 7.13. The van der Waals surface area contributed by atoms with Crippen LogP contribution < -0.4 is 9.47 Å². The standard InChI is InChI=1S/C32H32O4/c1-35-29-19-10-15-5-3-4-6-16(15)11-20(19)30(36-2)24-22-12-21(23(24)29)27-28(22)32(14-34)26-18-8-7-17(9-18)25(26)31(27,32)13-33/h3-8,10-11,17-18,21-22,25-28,33-34H,9,12-14H2,1-2H3/t17-,18+,21-,22+,25+,26-,27-,28+,31+,32-. The molecular weight excluding hydrogens is 448 g/mol. The van der Waals surface area contributed by atoms with Gasteiger partial charge in [-0.3, -0.25) is 0 Å². The molecule has 0 aromatic heterocycles. The number of aliphatic hydroxyl groups is 2. The maximum atomic E-state index is 11.1. The van der Waals surface area contributed by atoms with Gasteiger partial charge >= 0.3 is 0 Å². The van der Waals surface area contributed by atoms with Crippen molar-refractivity contribution in [1.82, 2.24) is 0 Å². The second-order valence-electron chi connectivity index (χ2n) is 12.5. The van der Waals surface area contributed by atoms with E-state index in [0.717, 1.165) is 28.7 Å². The molecule has 4 bridgehead atoms. The quantitative estimate of drug-likeness (QED) is 0.304. The Kier molecular flexibility index (Phi) is 3.58. The first-order chi connectivity index (χ1) is 17.7. The Hall–Kier alpha value is -2.56. The molecule has 10 atom stereocenters. The van der Waals surface area contributed by atoms with Crippen LogP contribution in [0.5, 0.6) is 11.5 Å². The molecule has 4 saturated carbocycles. The van der Waals surface area contributed by atoms with E-state index in [0.29, 0.717) is 47.3 Å². The Labute approximate surface area is 210 Å². The molecule has 0 spiro atoms. The monoisotopic (exact) mass is 480 g/mol. The summed E-state index contributed by atoms with van der Waals surface area (Å²) in [5.74, 6) is 5.71. The third-order valence-electron chi connectivity index (χ3n) is 12.3. The van der Waals surface area contributed by atoms with Crippen molar-refractivity contribution in [3.63, 3.8) is 0 Å². The number of methoxy groups -OCH3 is 2. The largest absolute Gasteiger partial charge is 0.496 e. The van der Waals surface area contributed by atoms with Gasteiger partial charge in [-0.1, -0.05) is 36.4 Å². The van der Waals surface area contributed by atoms with Crippen molar-refractivity contribution < 1.29 is 19.7 Å². The predicted molar refractivity (Wildman–Crippen MR) is 138 cm³/mol. The summed E-state index contributed by atoms with van der Waals surface area (Å²) in [6.45, 7) is 0.395. The fourth-order valence-corrected chi connectivity index (χ4v) is 11.8. The number of benzene rings is 3. The van der Waals surface area contributed by atoms with Gasteiger partial charge in [0.05, 0.1) is 14.2 Å². The number of hydrogen-bond donors (Lipinski definition) is 2. The van der Waals surface area contributed by atoms with E-state index in [2.05, 4.69) is 48.6 Å². The van der Waals surface area contributed by atoms with Crippen molar-refractivity contribution in [2.24, 2.45) is 46.3 Å². The predicted octanol–water partition coefficient (Wildman–Crippen LogP) is 5.25. The molecule has 184 valence electrons. The van der Waals surface area contributed by atoms with Crippen LogP contribution in [0.1, 0.15) is 35.8 Å². The molecule has 3 aromatic rings. The SMILES string of the molecule is COc1c2c(c(OC)c3cc4ccccc4cc13)[C@@H]1C[C@H]2[C@@H]2[C@H]1[C@@]1(CO)[C@H]3[C@H]([C@@H]4C=C[C@H]3C4)[C@@]21CO. The summed E-state index contributed by atoms with van der Waals surface area (Å²) < 4.78 is 12.5. The van der Waals surface area contributed by atoms with Gasteiger partial charge in [-0.25, -0.2) is 0 Å². The summed E-state index contributed by atoms with van der Waals surface area (Å²) in [4.78, 5) is 0. The molecule has 6 aliphatic carbocycles. The summed E-state index contributed by atoms with van der Waals surface area (Å²) >= 11 is 0. The number of hydrogen-bond acceptors (Lipinski definition) is 4. The molecule has 9 rings (SSSR count). The fraction of sp³-hybridized carbons (Fsp3) is 0.500. The molecule has 6 aliphatic rings. The minimum atomic E-state index is -0.158. The average molecular weight is 481 g/mol. The zero-order chi connectivity index (χ0) is 24.1. The minimum Gasteiger partial charge on any atom is -0.496 e. The lowest BCUT2D eigenvalue weighted by atomic mass is 9.19. The van der Waals surface area contributed by atoms with Crippen LogP contribution in [0.4, 0.5) is 0 Å².